The molecular weight excluding hydrogens is 367 g/mol. The molecule has 0 spiro atoms. The lowest BCUT2D eigenvalue weighted by molar-refractivity contribution is -0.383. The van der Waals surface area contributed by atoms with Crippen molar-refractivity contribution in [1.29, 1.82) is 0 Å². The second kappa shape index (κ2) is 6.47. The molecule has 0 aromatic heterocycles. The van der Waals surface area contributed by atoms with E-state index in [1.807, 2.05) is 4.72 Å². The second-order valence-corrected chi connectivity index (χ2v) is 6.34. The summed E-state index contributed by atoms with van der Waals surface area (Å²) in [6.45, 7) is 0. The number of rotatable bonds is 5. The van der Waals surface area contributed by atoms with Crippen molar-refractivity contribution < 1.29 is 31.2 Å². The summed E-state index contributed by atoms with van der Waals surface area (Å²) < 4.78 is 66.8. The van der Waals surface area contributed by atoms with Crippen LogP contribution in [0.15, 0.2) is 47.4 Å². The fraction of sp³-hybridized carbons (Fsp3) is 0.0769. The fourth-order valence-electron chi connectivity index (χ4n) is 1.82. The summed E-state index contributed by atoms with van der Waals surface area (Å²) in [6, 6.07) is 6.89. The number of nitrogens with one attached hydrogen (secondary N) is 1. The summed E-state index contributed by atoms with van der Waals surface area (Å²) in [4.78, 5) is 9.49. The number of ether oxygens (including phenoxy) is 1. The number of nitro groups is 1. The van der Waals surface area contributed by atoms with E-state index in [0.717, 1.165) is 30.3 Å². The molecule has 0 unspecified atom stereocenters. The molecule has 12 heteroatoms. The van der Waals surface area contributed by atoms with Gasteiger partial charge in [-0.25, -0.2) is 8.42 Å². The van der Waals surface area contributed by atoms with Crippen molar-refractivity contribution in [1.82, 2.24) is 0 Å². The second-order valence-electron chi connectivity index (χ2n) is 4.66. The van der Waals surface area contributed by atoms with Crippen LogP contribution in [-0.4, -0.2) is 19.7 Å². The zero-order valence-electron chi connectivity index (χ0n) is 12.1. The molecule has 0 aliphatic carbocycles. The van der Waals surface area contributed by atoms with Crippen LogP contribution in [0.5, 0.6) is 5.75 Å². The average molecular weight is 377 g/mol. The Morgan fingerprint density at radius 3 is 2.44 bits per heavy atom. The van der Waals surface area contributed by atoms with E-state index in [4.69, 9.17) is 5.73 Å². The van der Waals surface area contributed by atoms with Gasteiger partial charge in [0.15, 0.2) is 0 Å². The van der Waals surface area contributed by atoms with Crippen LogP contribution < -0.4 is 15.2 Å². The number of alkyl halides is 3. The van der Waals surface area contributed by atoms with Crippen molar-refractivity contribution in [2.45, 2.75) is 11.3 Å². The van der Waals surface area contributed by atoms with Gasteiger partial charge in [-0.15, -0.1) is 13.2 Å². The smallest absolute Gasteiger partial charge is 0.406 e. The topological polar surface area (TPSA) is 125 Å². The zero-order chi connectivity index (χ0) is 18.8. The molecule has 0 radical (unpaired) electrons. The molecule has 0 bridgehead atoms. The van der Waals surface area contributed by atoms with E-state index in [2.05, 4.69) is 4.74 Å². The van der Waals surface area contributed by atoms with Crippen LogP contribution in [0, 0.1) is 10.1 Å². The number of sulfonamides is 1. The number of nitro benzene ring substituents is 1. The molecule has 3 N–H and O–H groups in total. The highest BCUT2D eigenvalue weighted by Gasteiger charge is 2.31. The van der Waals surface area contributed by atoms with Gasteiger partial charge in [-0.1, -0.05) is 6.07 Å². The Bertz CT molecular complexity index is 915. The molecule has 134 valence electrons. The molecule has 0 fully saturated rings. The molecule has 0 heterocycles. The standard InChI is InChI=1S/C13H10F3N3O5S/c14-13(15,16)24-9-2-1-3-10(7-9)25(22,23)18-8-4-5-11(17)12(6-8)19(20)21/h1-7,18H,17H2. The number of hydrogen-bond donors (Lipinski definition) is 2. The van der Waals surface area contributed by atoms with Crippen LogP contribution in [-0.2, 0) is 10.0 Å². The summed E-state index contributed by atoms with van der Waals surface area (Å²) in [5.41, 5.74) is 4.53. The van der Waals surface area contributed by atoms with E-state index < -0.39 is 37.6 Å². The SMILES string of the molecule is Nc1ccc(NS(=O)(=O)c2cccc(OC(F)(F)F)c2)cc1[N+](=O)[O-]. The summed E-state index contributed by atoms with van der Waals surface area (Å²) in [7, 11) is -4.31. The first-order valence-electron chi connectivity index (χ1n) is 6.40. The first-order chi connectivity index (χ1) is 11.5. The quantitative estimate of drug-likeness (QED) is 0.469. The summed E-state index contributed by atoms with van der Waals surface area (Å²) in [5.74, 6) is -0.723. The Morgan fingerprint density at radius 1 is 1.16 bits per heavy atom. The first-order valence-corrected chi connectivity index (χ1v) is 7.89. The molecule has 0 saturated carbocycles. The zero-order valence-corrected chi connectivity index (χ0v) is 13.0. The monoisotopic (exact) mass is 377 g/mol. The number of nitrogens with two attached hydrogens (primary N) is 1. The van der Waals surface area contributed by atoms with Gasteiger partial charge in [-0.2, -0.15) is 0 Å². The van der Waals surface area contributed by atoms with Gasteiger partial charge >= 0.3 is 6.36 Å². The van der Waals surface area contributed by atoms with Gasteiger partial charge in [0.25, 0.3) is 15.7 Å². The van der Waals surface area contributed by atoms with Crippen molar-refractivity contribution in [3.63, 3.8) is 0 Å². The van der Waals surface area contributed by atoms with Gasteiger partial charge < -0.3 is 10.5 Å². The van der Waals surface area contributed by atoms with Gasteiger partial charge in [0, 0.05) is 12.1 Å². The lowest BCUT2D eigenvalue weighted by Crippen LogP contribution is -2.18. The molecule has 0 atom stereocenters. The molecular formula is C13H10F3N3O5S. The Balaban J connectivity index is 2.32. The van der Waals surface area contributed by atoms with Crippen LogP contribution in [0.3, 0.4) is 0 Å². The average Bonchev–Trinajstić information content (AvgIpc) is 2.47. The Morgan fingerprint density at radius 2 is 1.84 bits per heavy atom. The number of nitrogens with zero attached hydrogens (tertiary/aromatic N) is 1. The maximum atomic E-state index is 12.2. The number of anilines is 2. The van der Waals surface area contributed by atoms with Gasteiger partial charge in [-0.3, -0.25) is 14.8 Å². The predicted octanol–water partition coefficient (Wildman–Crippen LogP) is 2.88. The normalized spacial score (nSPS) is 11.8. The molecule has 0 amide bonds. The first kappa shape index (κ1) is 18.3. The minimum atomic E-state index is -4.98. The van der Waals surface area contributed by atoms with E-state index in [1.54, 1.807) is 0 Å². The summed E-state index contributed by atoms with van der Waals surface area (Å²) >= 11 is 0. The molecule has 2 aromatic rings. The maximum absolute atomic E-state index is 12.2. The van der Waals surface area contributed by atoms with Gasteiger partial charge in [0.2, 0.25) is 0 Å². The molecule has 0 aliphatic heterocycles. The van der Waals surface area contributed by atoms with Gasteiger partial charge in [0.1, 0.15) is 11.4 Å². The van der Waals surface area contributed by atoms with E-state index in [9.17, 15) is 31.7 Å². The highest BCUT2D eigenvalue weighted by Crippen LogP contribution is 2.28. The molecule has 2 aromatic carbocycles. The largest absolute Gasteiger partial charge is 0.573 e. The lowest BCUT2D eigenvalue weighted by atomic mass is 10.2. The maximum Gasteiger partial charge on any atom is 0.573 e. The van der Waals surface area contributed by atoms with Crippen molar-refractivity contribution in [2.75, 3.05) is 10.5 Å². The molecule has 2 rings (SSSR count). The number of nitrogen functional groups attached to an aromatic ring is 1. The fourth-order valence-corrected chi connectivity index (χ4v) is 2.90. The third-order valence-corrected chi connectivity index (χ3v) is 4.21. The molecule has 0 saturated heterocycles. The van der Waals surface area contributed by atoms with Crippen LogP contribution >= 0.6 is 0 Å². The minimum Gasteiger partial charge on any atom is -0.406 e. The Kier molecular flexibility index (Phi) is 4.74. The van der Waals surface area contributed by atoms with Crippen molar-refractivity contribution in [3.05, 3.63) is 52.6 Å². The van der Waals surface area contributed by atoms with E-state index in [0.29, 0.717) is 6.07 Å². The Hall–Kier alpha value is -3.02. The Labute approximate surface area is 139 Å². The molecule has 25 heavy (non-hydrogen) atoms. The van der Waals surface area contributed by atoms with Crippen LogP contribution in [0.1, 0.15) is 0 Å². The van der Waals surface area contributed by atoms with E-state index in [-0.39, 0.29) is 11.4 Å². The summed E-state index contributed by atoms with van der Waals surface area (Å²) in [6.07, 6.45) is -4.98. The lowest BCUT2D eigenvalue weighted by Gasteiger charge is -2.11. The molecule has 0 aliphatic rings. The van der Waals surface area contributed by atoms with E-state index in [1.165, 1.54) is 6.07 Å². The molecule has 8 nitrogen and oxygen atoms in total. The van der Waals surface area contributed by atoms with Gasteiger partial charge in [0.05, 0.1) is 15.5 Å². The minimum absolute atomic E-state index is 0.173. The predicted molar refractivity (Wildman–Crippen MR) is 81.4 cm³/mol. The third kappa shape index (κ3) is 4.73. The third-order valence-electron chi connectivity index (χ3n) is 2.83. The number of hydrogen-bond acceptors (Lipinski definition) is 6. The van der Waals surface area contributed by atoms with Crippen molar-refractivity contribution >= 4 is 27.1 Å². The van der Waals surface area contributed by atoms with Crippen LogP contribution in [0.2, 0.25) is 0 Å². The van der Waals surface area contributed by atoms with Crippen molar-refractivity contribution in [2.24, 2.45) is 0 Å². The van der Waals surface area contributed by atoms with Gasteiger partial charge in [-0.05, 0) is 24.3 Å². The highest BCUT2D eigenvalue weighted by atomic mass is 32.2. The van der Waals surface area contributed by atoms with Crippen LogP contribution in [0.4, 0.5) is 30.2 Å². The summed E-state index contributed by atoms with van der Waals surface area (Å²) in [5, 5.41) is 10.8. The van der Waals surface area contributed by atoms with E-state index >= 15 is 0 Å². The number of benzene rings is 2. The number of halogens is 3. The highest BCUT2D eigenvalue weighted by molar-refractivity contribution is 7.92. The van der Waals surface area contributed by atoms with Crippen LogP contribution in [0.25, 0.3) is 0 Å². The van der Waals surface area contributed by atoms with Crippen molar-refractivity contribution in [3.8, 4) is 5.75 Å².